The molecule has 2 aromatic carbocycles. The fourth-order valence-corrected chi connectivity index (χ4v) is 3.30. The van der Waals surface area contributed by atoms with Crippen LogP contribution >= 0.6 is 0 Å². The highest BCUT2D eigenvalue weighted by Crippen LogP contribution is 2.19. The molecule has 0 radical (unpaired) electrons. The third-order valence-corrected chi connectivity index (χ3v) is 4.83. The number of nitrogens with one attached hydrogen (secondary N) is 2. The molecular formula is C23H22N4O. The minimum absolute atomic E-state index is 0.0843. The lowest BCUT2D eigenvalue weighted by Gasteiger charge is -2.17. The quantitative estimate of drug-likeness (QED) is 0.525. The molecule has 1 amide bonds. The molecule has 0 atom stereocenters. The summed E-state index contributed by atoms with van der Waals surface area (Å²) < 4.78 is 0. The van der Waals surface area contributed by atoms with Gasteiger partial charge in [-0.05, 0) is 36.2 Å². The summed E-state index contributed by atoms with van der Waals surface area (Å²) in [5.74, 6) is -0.0843. The second-order valence-electron chi connectivity index (χ2n) is 6.70. The largest absolute Gasteiger partial charge is 0.383 e. The van der Waals surface area contributed by atoms with E-state index < -0.39 is 0 Å². The lowest BCUT2D eigenvalue weighted by Crippen LogP contribution is -2.26. The van der Waals surface area contributed by atoms with Crippen LogP contribution in [-0.4, -0.2) is 29.5 Å². The summed E-state index contributed by atoms with van der Waals surface area (Å²) in [6, 6.07) is 19.7. The van der Waals surface area contributed by atoms with Crippen molar-refractivity contribution < 1.29 is 4.79 Å². The number of benzene rings is 2. The van der Waals surface area contributed by atoms with Crippen molar-refractivity contribution in [1.82, 2.24) is 9.97 Å². The summed E-state index contributed by atoms with van der Waals surface area (Å²) in [5, 5.41) is 4.62. The van der Waals surface area contributed by atoms with E-state index in [-0.39, 0.29) is 5.91 Å². The summed E-state index contributed by atoms with van der Waals surface area (Å²) in [4.78, 5) is 21.9. The summed E-state index contributed by atoms with van der Waals surface area (Å²) in [5.41, 5.74) is 4.67. The molecule has 0 aliphatic carbocycles. The molecule has 0 aliphatic heterocycles. The number of carbonyl (C=O) groups is 1. The number of pyridine rings is 1. The van der Waals surface area contributed by atoms with Crippen LogP contribution < -0.4 is 10.2 Å². The molecule has 2 N–H and O–H groups in total. The molecular weight excluding hydrogens is 348 g/mol. The van der Waals surface area contributed by atoms with E-state index in [1.165, 1.54) is 10.9 Å². The van der Waals surface area contributed by atoms with Gasteiger partial charge in [0.25, 0.3) is 5.91 Å². The SMILES string of the molecule is CN(C(=O)c1cncc(NCCc2c[nH]c3ccccc23)c1)c1ccccc1. The first-order chi connectivity index (χ1) is 13.7. The van der Waals surface area contributed by atoms with E-state index in [0.29, 0.717) is 5.56 Å². The molecule has 0 fully saturated rings. The van der Waals surface area contributed by atoms with Gasteiger partial charge in [0.1, 0.15) is 0 Å². The lowest BCUT2D eigenvalue weighted by molar-refractivity contribution is 0.0992. The molecule has 4 aromatic rings. The van der Waals surface area contributed by atoms with Crippen molar-refractivity contribution in [1.29, 1.82) is 0 Å². The van der Waals surface area contributed by atoms with Crippen molar-refractivity contribution >= 4 is 28.2 Å². The van der Waals surface area contributed by atoms with E-state index in [4.69, 9.17) is 0 Å². The van der Waals surface area contributed by atoms with Crippen molar-refractivity contribution in [3.63, 3.8) is 0 Å². The number of hydrogen-bond acceptors (Lipinski definition) is 3. The Morgan fingerprint density at radius 1 is 1.07 bits per heavy atom. The average Bonchev–Trinajstić information content (AvgIpc) is 3.17. The zero-order chi connectivity index (χ0) is 19.3. The van der Waals surface area contributed by atoms with Gasteiger partial charge in [-0.2, -0.15) is 0 Å². The number of aromatic amines is 1. The summed E-state index contributed by atoms with van der Waals surface area (Å²) >= 11 is 0. The van der Waals surface area contributed by atoms with Crippen molar-refractivity contribution in [2.75, 3.05) is 23.8 Å². The first-order valence-electron chi connectivity index (χ1n) is 9.29. The molecule has 5 heteroatoms. The van der Waals surface area contributed by atoms with Crippen LogP contribution in [-0.2, 0) is 6.42 Å². The van der Waals surface area contributed by atoms with Crippen LogP contribution in [0.4, 0.5) is 11.4 Å². The maximum absolute atomic E-state index is 12.8. The van der Waals surface area contributed by atoms with Crippen molar-refractivity contribution in [2.45, 2.75) is 6.42 Å². The third kappa shape index (κ3) is 3.74. The number of aromatic nitrogens is 2. The van der Waals surface area contributed by atoms with Crippen LogP contribution in [0.5, 0.6) is 0 Å². The monoisotopic (exact) mass is 370 g/mol. The molecule has 0 bridgehead atoms. The van der Waals surface area contributed by atoms with E-state index in [9.17, 15) is 4.79 Å². The van der Waals surface area contributed by atoms with Crippen LogP contribution in [0.25, 0.3) is 10.9 Å². The third-order valence-electron chi connectivity index (χ3n) is 4.83. The van der Waals surface area contributed by atoms with E-state index in [0.717, 1.165) is 29.9 Å². The number of anilines is 2. The Kier molecular flexibility index (Phi) is 5.06. The second-order valence-corrected chi connectivity index (χ2v) is 6.70. The van der Waals surface area contributed by atoms with Crippen LogP contribution in [0.1, 0.15) is 15.9 Å². The van der Waals surface area contributed by atoms with Gasteiger partial charge in [0.05, 0.1) is 11.3 Å². The van der Waals surface area contributed by atoms with Crippen molar-refractivity contribution in [2.24, 2.45) is 0 Å². The zero-order valence-electron chi connectivity index (χ0n) is 15.7. The number of fused-ring (bicyclic) bond motifs is 1. The van der Waals surface area contributed by atoms with Gasteiger partial charge < -0.3 is 15.2 Å². The predicted molar refractivity (Wildman–Crippen MR) is 114 cm³/mol. The fraction of sp³-hybridized carbons (Fsp3) is 0.130. The summed E-state index contributed by atoms with van der Waals surface area (Å²) in [6.07, 6.45) is 6.28. The molecule has 0 aliphatic rings. The first kappa shape index (κ1) is 17.8. The highest BCUT2D eigenvalue weighted by atomic mass is 16.2. The van der Waals surface area contributed by atoms with Crippen LogP contribution in [0.2, 0.25) is 0 Å². The normalized spacial score (nSPS) is 10.8. The van der Waals surface area contributed by atoms with Gasteiger partial charge >= 0.3 is 0 Å². The van der Waals surface area contributed by atoms with Crippen LogP contribution in [0, 0.1) is 0 Å². The highest BCUT2D eigenvalue weighted by molar-refractivity contribution is 6.06. The second kappa shape index (κ2) is 7.96. The molecule has 5 nitrogen and oxygen atoms in total. The van der Waals surface area contributed by atoms with Crippen LogP contribution in [0.15, 0.2) is 79.3 Å². The zero-order valence-corrected chi connectivity index (χ0v) is 15.7. The van der Waals surface area contributed by atoms with Gasteiger partial charge in [0.15, 0.2) is 0 Å². The van der Waals surface area contributed by atoms with E-state index in [1.807, 2.05) is 42.5 Å². The Hall–Kier alpha value is -3.60. The Bertz CT molecular complexity index is 1090. The molecule has 28 heavy (non-hydrogen) atoms. The molecule has 0 spiro atoms. The van der Waals surface area contributed by atoms with Gasteiger partial charge in [-0.15, -0.1) is 0 Å². The first-order valence-corrected chi connectivity index (χ1v) is 9.29. The standard InChI is InChI=1S/C23H22N4O/c1-27(20-7-3-2-4-8-20)23(28)18-13-19(16-24-14-18)25-12-11-17-15-26-22-10-6-5-9-21(17)22/h2-10,13-16,25-26H,11-12H2,1H3. The number of rotatable bonds is 6. The number of carbonyl (C=O) groups excluding carboxylic acids is 1. The van der Waals surface area contributed by atoms with Gasteiger partial charge in [-0.1, -0.05) is 36.4 Å². The molecule has 0 saturated carbocycles. The Labute approximate surface area is 164 Å². The molecule has 4 rings (SSSR count). The van der Waals surface area contributed by atoms with Crippen LogP contribution in [0.3, 0.4) is 0 Å². The van der Waals surface area contributed by atoms with Gasteiger partial charge in [0.2, 0.25) is 0 Å². The number of H-pyrrole nitrogens is 1. The Morgan fingerprint density at radius 3 is 2.71 bits per heavy atom. The topological polar surface area (TPSA) is 61.0 Å². The number of para-hydroxylation sites is 2. The smallest absolute Gasteiger partial charge is 0.259 e. The molecule has 2 heterocycles. The van der Waals surface area contributed by atoms with Crippen molar-refractivity contribution in [3.05, 3.63) is 90.4 Å². The number of amides is 1. The van der Waals surface area contributed by atoms with Gasteiger partial charge in [-0.25, -0.2) is 0 Å². The predicted octanol–water partition coefficient (Wildman–Crippen LogP) is 4.49. The molecule has 140 valence electrons. The molecule has 0 saturated heterocycles. The highest BCUT2D eigenvalue weighted by Gasteiger charge is 2.14. The van der Waals surface area contributed by atoms with E-state index in [2.05, 4.69) is 39.7 Å². The Morgan fingerprint density at radius 2 is 1.86 bits per heavy atom. The average molecular weight is 370 g/mol. The van der Waals surface area contributed by atoms with E-state index in [1.54, 1.807) is 24.3 Å². The number of hydrogen-bond donors (Lipinski definition) is 2. The fourth-order valence-electron chi connectivity index (χ4n) is 3.30. The lowest BCUT2D eigenvalue weighted by atomic mass is 10.1. The van der Waals surface area contributed by atoms with Gasteiger partial charge in [-0.3, -0.25) is 9.78 Å². The number of nitrogens with zero attached hydrogens (tertiary/aromatic N) is 2. The Balaban J connectivity index is 1.42. The van der Waals surface area contributed by atoms with E-state index >= 15 is 0 Å². The minimum atomic E-state index is -0.0843. The maximum Gasteiger partial charge on any atom is 0.259 e. The minimum Gasteiger partial charge on any atom is -0.383 e. The summed E-state index contributed by atoms with van der Waals surface area (Å²) in [6.45, 7) is 0.760. The van der Waals surface area contributed by atoms with Crippen molar-refractivity contribution in [3.8, 4) is 0 Å². The summed E-state index contributed by atoms with van der Waals surface area (Å²) in [7, 11) is 1.77. The molecule has 2 aromatic heterocycles. The molecule has 0 unspecified atom stereocenters. The van der Waals surface area contributed by atoms with Gasteiger partial charge in [0, 0.05) is 48.8 Å². The maximum atomic E-state index is 12.8.